The summed E-state index contributed by atoms with van der Waals surface area (Å²) in [4.78, 5) is 21.2. The van der Waals surface area contributed by atoms with Gasteiger partial charge in [-0.1, -0.05) is 0 Å². The summed E-state index contributed by atoms with van der Waals surface area (Å²) in [6, 6.07) is 0. The van der Waals surface area contributed by atoms with E-state index >= 15 is 0 Å². The zero-order valence-corrected chi connectivity index (χ0v) is 8.72. The Morgan fingerprint density at radius 1 is 1.06 bits per heavy atom. The maximum atomic E-state index is 11.1. The Morgan fingerprint density at radius 2 is 1.59 bits per heavy atom. The molecule has 0 aromatic carbocycles. The molecule has 0 heterocycles. The zero-order chi connectivity index (χ0) is 13.6. The van der Waals surface area contributed by atoms with Crippen LogP contribution in [0.1, 0.15) is 0 Å². The minimum atomic E-state index is -2.12. The van der Waals surface area contributed by atoms with Crippen molar-refractivity contribution in [1.82, 2.24) is 5.32 Å². The molecule has 9 nitrogen and oxygen atoms in total. The first-order valence-electron chi connectivity index (χ1n) is 4.63. The topological polar surface area (TPSA) is 168 Å². The number of aliphatic hydroxyl groups excluding tert-OH is 5. The molecule has 0 unspecified atom stereocenters. The van der Waals surface area contributed by atoms with Crippen molar-refractivity contribution < 1.29 is 40.2 Å². The average molecular weight is 253 g/mol. The molecule has 0 saturated heterocycles. The highest BCUT2D eigenvalue weighted by atomic mass is 16.4. The zero-order valence-electron chi connectivity index (χ0n) is 8.72. The molecule has 0 saturated carbocycles. The quantitative estimate of drug-likeness (QED) is 0.239. The third-order valence-corrected chi connectivity index (χ3v) is 1.94. The standard InChI is InChI=1S/C8H15NO8/c10-2-3(11)5(14)6(15)7(16)8(17)9-1-4(12)13/h3,5-7,10-11,14-16H,1-2H2,(H,9,17)(H,12,13)/t3-,5+,6-,7-/m0/s1. The number of aliphatic hydroxyl groups is 5. The van der Waals surface area contributed by atoms with Crippen molar-refractivity contribution >= 4 is 11.9 Å². The maximum absolute atomic E-state index is 11.1. The number of rotatable bonds is 7. The Bertz CT molecular complexity index is 270. The summed E-state index contributed by atoms with van der Waals surface area (Å²) in [5.74, 6) is -2.57. The van der Waals surface area contributed by atoms with E-state index in [9.17, 15) is 19.8 Å². The summed E-state index contributed by atoms with van der Waals surface area (Å²) >= 11 is 0. The lowest BCUT2D eigenvalue weighted by atomic mass is 10.0. The summed E-state index contributed by atoms with van der Waals surface area (Å²) in [5.41, 5.74) is 0. The summed E-state index contributed by atoms with van der Waals surface area (Å²) in [6.07, 6.45) is -7.84. The Labute approximate surface area is 95.9 Å². The molecule has 0 aliphatic heterocycles. The third-order valence-electron chi connectivity index (χ3n) is 1.94. The summed E-state index contributed by atoms with van der Waals surface area (Å²) in [6.45, 7) is -1.64. The number of carboxylic acids is 1. The molecule has 1 amide bonds. The SMILES string of the molecule is O=C(O)CNC(=O)[C@@H](O)[C@@H](O)[C@H](O)[C@@H](O)CO. The minimum absolute atomic E-state index is 0.763. The largest absolute Gasteiger partial charge is 0.480 e. The molecule has 0 radical (unpaired) electrons. The summed E-state index contributed by atoms with van der Waals surface area (Å²) in [5, 5.41) is 55.0. The minimum Gasteiger partial charge on any atom is -0.480 e. The van der Waals surface area contributed by atoms with Gasteiger partial charge in [0, 0.05) is 0 Å². The molecule has 0 spiro atoms. The van der Waals surface area contributed by atoms with Crippen molar-refractivity contribution in [3.05, 3.63) is 0 Å². The van der Waals surface area contributed by atoms with Crippen molar-refractivity contribution in [2.45, 2.75) is 24.4 Å². The van der Waals surface area contributed by atoms with E-state index in [1.807, 2.05) is 0 Å². The first-order valence-corrected chi connectivity index (χ1v) is 4.63. The van der Waals surface area contributed by atoms with Gasteiger partial charge in [0.05, 0.1) is 6.61 Å². The molecule has 0 aliphatic rings. The molecule has 4 atom stereocenters. The van der Waals surface area contributed by atoms with Gasteiger partial charge in [0.1, 0.15) is 24.9 Å². The molecule has 0 bridgehead atoms. The molecule has 0 aromatic heterocycles. The van der Waals surface area contributed by atoms with Gasteiger partial charge in [-0.2, -0.15) is 0 Å². The van der Waals surface area contributed by atoms with Crippen LogP contribution in [-0.4, -0.2) is 80.1 Å². The van der Waals surface area contributed by atoms with Crippen LogP contribution in [0.3, 0.4) is 0 Å². The Hall–Kier alpha value is -1.26. The van der Waals surface area contributed by atoms with Crippen LogP contribution in [0.2, 0.25) is 0 Å². The van der Waals surface area contributed by atoms with E-state index < -0.39 is 49.4 Å². The second-order valence-electron chi connectivity index (χ2n) is 3.29. The van der Waals surface area contributed by atoms with Gasteiger partial charge in [-0.3, -0.25) is 9.59 Å². The molecule has 7 N–H and O–H groups in total. The number of amides is 1. The van der Waals surface area contributed by atoms with Crippen LogP contribution in [0.5, 0.6) is 0 Å². The molecular weight excluding hydrogens is 238 g/mol. The van der Waals surface area contributed by atoms with E-state index in [0.717, 1.165) is 0 Å². The van der Waals surface area contributed by atoms with Gasteiger partial charge >= 0.3 is 5.97 Å². The van der Waals surface area contributed by atoms with Crippen molar-refractivity contribution in [3.8, 4) is 0 Å². The van der Waals surface area contributed by atoms with Crippen LogP contribution < -0.4 is 5.32 Å². The van der Waals surface area contributed by atoms with E-state index in [1.165, 1.54) is 0 Å². The van der Waals surface area contributed by atoms with Gasteiger partial charge in [0.2, 0.25) is 0 Å². The number of carboxylic acid groups (broad SMARTS) is 1. The van der Waals surface area contributed by atoms with E-state index in [2.05, 4.69) is 0 Å². The Kier molecular flexibility index (Phi) is 6.61. The summed E-state index contributed by atoms with van der Waals surface area (Å²) < 4.78 is 0. The maximum Gasteiger partial charge on any atom is 0.322 e. The van der Waals surface area contributed by atoms with E-state index in [-0.39, 0.29) is 0 Å². The fourth-order valence-electron chi connectivity index (χ4n) is 0.945. The van der Waals surface area contributed by atoms with Crippen molar-refractivity contribution in [1.29, 1.82) is 0 Å². The van der Waals surface area contributed by atoms with E-state index in [0.29, 0.717) is 0 Å². The Balaban J connectivity index is 4.32. The Morgan fingerprint density at radius 3 is 2.00 bits per heavy atom. The fraction of sp³-hybridized carbons (Fsp3) is 0.750. The molecule has 0 aliphatic carbocycles. The second-order valence-corrected chi connectivity index (χ2v) is 3.29. The van der Waals surface area contributed by atoms with Gasteiger partial charge in [0.15, 0.2) is 6.10 Å². The lowest BCUT2D eigenvalue weighted by Gasteiger charge is -2.24. The third kappa shape index (κ3) is 5.06. The highest BCUT2D eigenvalue weighted by molar-refractivity contribution is 5.84. The highest BCUT2D eigenvalue weighted by Gasteiger charge is 2.34. The van der Waals surface area contributed by atoms with Gasteiger partial charge in [-0.15, -0.1) is 0 Å². The van der Waals surface area contributed by atoms with Crippen LogP contribution in [-0.2, 0) is 9.59 Å². The number of carbonyl (C=O) groups is 2. The molecule has 0 aromatic rings. The van der Waals surface area contributed by atoms with Crippen molar-refractivity contribution in [2.24, 2.45) is 0 Å². The predicted octanol–water partition coefficient (Wildman–Crippen LogP) is -4.38. The van der Waals surface area contributed by atoms with E-state index in [4.69, 9.17) is 20.4 Å². The molecule has 0 rings (SSSR count). The second kappa shape index (κ2) is 7.14. The lowest BCUT2D eigenvalue weighted by Crippen LogP contribution is -2.52. The lowest BCUT2D eigenvalue weighted by molar-refractivity contribution is -0.150. The van der Waals surface area contributed by atoms with Crippen LogP contribution in [0.25, 0.3) is 0 Å². The number of hydrogen-bond acceptors (Lipinski definition) is 7. The molecule has 17 heavy (non-hydrogen) atoms. The monoisotopic (exact) mass is 253 g/mol. The number of carbonyl (C=O) groups excluding carboxylic acids is 1. The molecule has 100 valence electrons. The van der Waals surface area contributed by atoms with Gasteiger partial charge in [-0.25, -0.2) is 0 Å². The fourth-order valence-corrected chi connectivity index (χ4v) is 0.945. The van der Waals surface area contributed by atoms with E-state index in [1.54, 1.807) is 5.32 Å². The van der Waals surface area contributed by atoms with Crippen molar-refractivity contribution in [3.63, 3.8) is 0 Å². The van der Waals surface area contributed by atoms with Gasteiger partial charge < -0.3 is 36.0 Å². The average Bonchev–Trinajstić information content (AvgIpc) is 2.31. The molecular formula is C8H15NO8. The van der Waals surface area contributed by atoms with Gasteiger partial charge in [-0.05, 0) is 0 Å². The molecule has 9 heteroatoms. The predicted molar refractivity (Wildman–Crippen MR) is 51.8 cm³/mol. The number of hydrogen-bond donors (Lipinski definition) is 7. The summed E-state index contributed by atoms with van der Waals surface area (Å²) in [7, 11) is 0. The van der Waals surface area contributed by atoms with Crippen LogP contribution in [0.15, 0.2) is 0 Å². The smallest absolute Gasteiger partial charge is 0.322 e. The van der Waals surface area contributed by atoms with Crippen molar-refractivity contribution in [2.75, 3.05) is 13.2 Å². The van der Waals surface area contributed by atoms with Crippen LogP contribution in [0.4, 0.5) is 0 Å². The number of nitrogens with one attached hydrogen (secondary N) is 1. The highest BCUT2D eigenvalue weighted by Crippen LogP contribution is 2.05. The first kappa shape index (κ1) is 15.7. The van der Waals surface area contributed by atoms with Crippen LogP contribution >= 0.6 is 0 Å². The molecule has 0 fully saturated rings. The normalized spacial score (nSPS) is 17.9. The first-order chi connectivity index (χ1) is 7.81. The number of aliphatic carboxylic acids is 1. The van der Waals surface area contributed by atoms with Gasteiger partial charge in [0.25, 0.3) is 5.91 Å². The van der Waals surface area contributed by atoms with Crippen LogP contribution in [0, 0.1) is 0 Å².